The average Bonchev–Trinajstić information content (AvgIpc) is 3.39. The fraction of sp³-hybridized carbons (Fsp3) is 0.150. The predicted octanol–water partition coefficient (Wildman–Crippen LogP) is 4.13. The second-order valence-corrected chi connectivity index (χ2v) is 8.02. The third kappa shape index (κ3) is 4.28. The SMILES string of the molecule is COc1ccc(OC)c(-n2nnc(-c3nsc(NC(=O)c4ccc(Br)cc4)n3)c2C)c1. The molecule has 0 aliphatic rings. The molecule has 2 heterocycles. The fourth-order valence-corrected chi connectivity index (χ4v) is 3.70. The number of anilines is 1. The number of carbonyl (C=O) groups is 1. The maximum atomic E-state index is 12.4. The van der Waals surface area contributed by atoms with Crippen LogP contribution in [0, 0.1) is 6.92 Å². The van der Waals surface area contributed by atoms with Gasteiger partial charge in [0.05, 0.1) is 19.9 Å². The first-order valence-corrected chi connectivity index (χ1v) is 10.6. The van der Waals surface area contributed by atoms with Gasteiger partial charge in [-0.2, -0.15) is 9.36 Å². The van der Waals surface area contributed by atoms with Gasteiger partial charge < -0.3 is 9.47 Å². The standard InChI is InChI=1S/C20H17BrN6O3S/c1-11-17(24-26-27(11)15-10-14(29-2)8-9-16(15)30-3)18-22-20(31-25-18)23-19(28)12-4-6-13(21)7-5-12/h4-10H,1-3H3,(H,22,23,25,28). The average molecular weight is 501 g/mol. The molecule has 0 saturated heterocycles. The molecule has 2 aromatic carbocycles. The lowest BCUT2D eigenvalue weighted by atomic mass is 10.2. The van der Waals surface area contributed by atoms with Crippen LogP contribution in [0.1, 0.15) is 16.1 Å². The molecule has 0 atom stereocenters. The van der Waals surface area contributed by atoms with Crippen LogP contribution in [0.15, 0.2) is 46.9 Å². The summed E-state index contributed by atoms with van der Waals surface area (Å²) >= 11 is 4.43. The molecule has 0 saturated carbocycles. The van der Waals surface area contributed by atoms with Gasteiger partial charge in [0.25, 0.3) is 5.91 Å². The molecule has 0 aliphatic carbocycles. The Bertz CT molecular complexity index is 1240. The van der Waals surface area contributed by atoms with Crippen LogP contribution in [0.4, 0.5) is 5.13 Å². The number of hydrogen-bond acceptors (Lipinski definition) is 8. The molecule has 0 bridgehead atoms. The zero-order valence-electron chi connectivity index (χ0n) is 16.8. The van der Waals surface area contributed by atoms with E-state index in [2.05, 4.69) is 40.9 Å². The Kier molecular flexibility index (Phi) is 5.96. The van der Waals surface area contributed by atoms with E-state index in [1.54, 1.807) is 55.3 Å². The molecular weight excluding hydrogens is 484 g/mol. The molecule has 0 spiro atoms. The molecule has 158 valence electrons. The van der Waals surface area contributed by atoms with Crippen LogP contribution in [0.25, 0.3) is 17.2 Å². The Hall–Kier alpha value is -3.31. The highest BCUT2D eigenvalue weighted by molar-refractivity contribution is 9.10. The van der Waals surface area contributed by atoms with Crippen molar-refractivity contribution in [3.8, 4) is 28.7 Å². The third-order valence-electron chi connectivity index (χ3n) is 4.47. The van der Waals surface area contributed by atoms with Crippen molar-refractivity contribution in [1.82, 2.24) is 24.4 Å². The normalized spacial score (nSPS) is 10.7. The van der Waals surface area contributed by atoms with Gasteiger partial charge >= 0.3 is 0 Å². The maximum absolute atomic E-state index is 12.4. The molecule has 2 aromatic heterocycles. The Morgan fingerprint density at radius 1 is 1.13 bits per heavy atom. The first-order chi connectivity index (χ1) is 15.0. The van der Waals surface area contributed by atoms with Crippen LogP contribution in [0.5, 0.6) is 11.5 Å². The second kappa shape index (κ2) is 8.82. The Labute approximate surface area is 190 Å². The molecule has 4 rings (SSSR count). The van der Waals surface area contributed by atoms with Gasteiger partial charge in [0.2, 0.25) is 5.13 Å². The zero-order valence-corrected chi connectivity index (χ0v) is 19.2. The summed E-state index contributed by atoms with van der Waals surface area (Å²) in [4.78, 5) is 16.8. The third-order valence-corrected chi connectivity index (χ3v) is 5.63. The Balaban J connectivity index is 1.60. The van der Waals surface area contributed by atoms with Gasteiger partial charge in [-0.25, -0.2) is 4.68 Å². The summed E-state index contributed by atoms with van der Waals surface area (Å²) in [6, 6.07) is 12.5. The van der Waals surface area contributed by atoms with E-state index in [1.165, 1.54) is 0 Å². The lowest BCUT2D eigenvalue weighted by Crippen LogP contribution is -2.11. The molecular formula is C20H17BrN6O3S. The maximum Gasteiger partial charge on any atom is 0.257 e. The number of hydrogen-bond donors (Lipinski definition) is 1. The number of amides is 1. The zero-order chi connectivity index (χ0) is 22.0. The number of benzene rings is 2. The molecule has 0 radical (unpaired) electrons. The summed E-state index contributed by atoms with van der Waals surface area (Å²) in [6.45, 7) is 1.86. The van der Waals surface area contributed by atoms with E-state index in [-0.39, 0.29) is 5.91 Å². The number of rotatable bonds is 6. The number of nitrogens with zero attached hydrogens (tertiary/aromatic N) is 5. The van der Waals surface area contributed by atoms with Crippen LogP contribution in [-0.4, -0.2) is 44.5 Å². The van der Waals surface area contributed by atoms with Crippen molar-refractivity contribution >= 4 is 38.5 Å². The van der Waals surface area contributed by atoms with E-state index in [9.17, 15) is 4.79 Å². The summed E-state index contributed by atoms with van der Waals surface area (Å²) in [7, 11) is 3.18. The smallest absolute Gasteiger partial charge is 0.257 e. The number of carbonyl (C=O) groups excluding carboxylic acids is 1. The highest BCUT2D eigenvalue weighted by atomic mass is 79.9. The number of methoxy groups -OCH3 is 2. The van der Waals surface area contributed by atoms with Crippen molar-refractivity contribution in [2.45, 2.75) is 6.92 Å². The van der Waals surface area contributed by atoms with Gasteiger partial charge in [0.15, 0.2) is 11.5 Å². The molecule has 31 heavy (non-hydrogen) atoms. The molecule has 1 amide bonds. The lowest BCUT2D eigenvalue weighted by molar-refractivity contribution is 0.102. The summed E-state index contributed by atoms with van der Waals surface area (Å²) in [5.74, 6) is 1.39. The van der Waals surface area contributed by atoms with E-state index in [0.717, 1.165) is 21.7 Å². The van der Waals surface area contributed by atoms with Gasteiger partial charge in [0, 0.05) is 27.6 Å². The topological polar surface area (TPSA) is 104 Å². The quantitative estimate of drug-likeness (QED) is 0.424. The Morgan fingerprint density at radius 2 is 1.90 bits per heavy atom. The van der Waals surface area contributed by atoms with Crippen LogP contribution in [-0.2, 0) is 0 Å². The first-order valence-electron chi connectivity index (χ1n) is 9.06. The van der Waals surface area contributed by atoms with E-state index in [4.69, 9.17) is 9.47 Å². The van der Waals surface area contributed by atoms with Crippen molar-refractivity contribution in [1.29, 1.82) is 0 Å². The van der Waals surface area contributed by atoms with Gasteiger partial charge in [-0.3, -0.25) is 10.1 Å². The minimum Gasteiger partial charge on any atom is -0.497 e. The van der Waals surface area contributed by atoms with Crippen LogP contribution in [0.2, 0.25) is 0 Å². The molecule has 11 heteroatoms. The molecule has 0 unspecified atom stereocenters. The summed E-state index contributed by atoms with van der Waals surface area (Å²) < 4.78 is 17.6. The van der Waals surface area contributed by atoms with Crippen molar-refractivity contribution in [3.63, 3.8) is 0 Å². The second-order valence-electron chi connectivity index (χ2n) is 6.36. The molecule has 0 aliphatic heterocycles. The van der Waals surface area contributed by atoms with Crippen molar-refractivity contribution in [2.75, 3.05) is 19.5 Å². The number of halogens is 1. The molecule has 1 N–H and O–H groups in total. The van der Waals surface area contributed by atoms with Gasteiger partial charge in [-0.05, 0) is 43.3 Å². The molecule has 4 aromatic rings. The predicted molar refractivity (Wildman–Crippen MR) is 120 cm³/mol. The minimum atomic E-state index is -0.267. The molecule has 9 nitrogen and oxygen atoms in total. The van der Waals surface area contributed by atoms with Gasteiger partial charge in [-0.15, -0.1) is 5.10 Å². The van der Waals surface area contributed by atoms with Crippen molar-refractivity contribution in [2.24, 2.45) is 0 Å². The highest BCUT2D eigenvalue weighted by Crippen LogP contribution is 2.30. The van der Waals surface area contributed by atoms with E-state index in [0.29, 0.717) is 39.4 Å². The largest absolute Gasteiger partial charge is 0.497 e. The highest BCUT2D eigenvalue weighted by Gasteiger charge is 2.20. The summed E-state index contributed by atoms with van der Waals surface area (Å²) in [5.41, 5.74) is 2.42. The van der Waals surface area contributed by atoms with Gasteiger partial charge in [-0.1, -0.05) is 21.1 Å². The van der Waals surface area contributed by atoms with Crippen LogP contribution < -0.4 is 14.8 Å². The van der Waals surface area contributed by atoms with Crippen LogP contribution >= 0.6 is 27.5 Å². The lowest BCUT2D eigenvalue weighted by Gasteiger charge is -2.11. The van der Waals surface area contributed by atoms with E-state index in [1.807, 2.05) is 13.0 Å². The minimum absolute atomic E-state index is 0.267. The molecule has 0 fully saturated rings. The summed E-state index contributed by atoms with van der Waals surface area (Å²) in [6.07, 6.45) is 0. The Morgan fingerprint density at radius 3 is 2.61 bits per heavy atom. The van der Waals surface area contributed by atoms with E-state index < -0.39 is 0 Å². The van der Waals surface area contributed by atoms with Crippen LogP contribution in [0.3, 0.4) is 0 Å². The van der Waals surface area contributed by atoms with Crippen molar-refractivity contribution in [3.05, 3.63) is 58.2 Å². The monoisotopic (exact) mass is 500 g/mol. The van der Waals surface area contributed by atoms with Crippen molar-refractivity contribution < 1.29 is 14.3 Å². The summed E-state index contributed by atoms with van der Waals surface area (Å²) in [5, 5.41) is 11.6. The van der Waals surface area contributed by atoms with Gasteiger partial charge in [0.1, 0.15) is 17.2 Å². The number of nitrogens with one attached hydrogen (secondary N) is 1. The number of aromatic nitrogens is 5. The van der Waals surface area contributed by atoms with E-state index >= 15 is 0 Å². The number of ether oxygens (including phenoxy) is 2. The first kappa shape index (κ1) is 20.9. The fourth-order valence-electron chi connectivity index (χ4n) is 2.87.